The summed E-state index contributed by atoms with van der Waals surface area (Å²) in [5.74, 6) is 1.42. The van der Waals surface area contributed by atoms with Crippen molar-refractivity contribution in [2.75, 3.05) is 20.0 Å². The van der Waals surface area contributed by atoms with Crippen LogP contribution in [0.1, 0.15) is 6.92 Å². The van der Waals surface area contributed by atoms with E-state index < -0.39 is 11.2 Å². The summed E-state index contributed by atoms with van der Waals surface area (Å²) in [6.45, 7) is 1.46. The fourth-order valence-corrected chi connectivity index (χ4v) is 3.62. The Hall–Kier alpha value is -3.14. The van der Waals surface area contributed by atoms with Crippen molar-refractivity contribution in [1.82, 2.24) is 19.1 Å². The van der Waals surface area contributed by atoms with Gasteiger partial charge in [-0.25, -0.2) is 14.8 Å². The molecule has 0 amide bonds. The molecule has 0 saturated carbocycles. The molecule has 3 rings (SSSR count). The highest BCUT2D eigenvalue weighted by Gasteiger charge is 2.19. The van der Waals surface area contributed by atoms with Crippen LogP contribution in [0.15, 0.2) is 32.8 Å². The molecule has 0 fully saturated rings. The Morgan fingerprint density at radius 3 is 2.38 bits per heavy atom. The zero-order valence-electron chi connectivity index (χ0n) is 16.7. The van der Waals surface area contributed by atoms with Crippen LogP contribution in [0.25, 0.3) is 22.4 Å². The summed E-state index contributed by atoms with van der Waals surface area (Å²) in [6.07, 6.45) is 0. The van der Waals surface area contributed by atoms with E-state index in [0.717, 1.165) is 16.3 Å². The normalized spacial score (nSPS) is 10.9. The lowest BCUT2D eigenvalue weighted by atomic mass is 10.2. The second-order valence-corrected chi connectivity index (χ2v) is 7.28. The highest BCUT2D eigenvalue weighted by Crippen LogP contribution is 2.32. The molecule has 0 radical (unpaired) electrons. The van der Waals surface area contributed by atoms with Gasteiger partial charge in [0, 0.05) is 19.7 Å². The number of carbonyl (C=O) groups excluding carboxylic acids is 1. The van der Waals surface area contributed by atoms with Gasteiger partial charge >= 0.3 is 5.69 Å². The Morgan fingerprint density at radius 2 is 1.76 bits per heavy atom. The van der Waals surface area contributed by atoms with Gasteiger partial charge in [0.2, 0.25) is 0 Å². The summed E-state index contributed by atoms with van der Waals surface area (Å²) in [7, 11) is 5.98. The second kappa shape index (κ2) is 8.08. The third kappa shape index (κ3) is 3.75. The Balaban J connectivity index is 2.33. The molecule has 0 spiro atoms. The van der Waals surface area contributed by atoms with E-state index in [1.54, 1.807) is 18.2 Å². The molecule has 9 nitrogen and oxygen atoms in total. The average molecular weight is 416 g/mol. The van der Waals surface area contributed by atoms with Crippen molar-refractivity contribution < 1.29 is 14.3 Å². The number of hydrogen-bond donors (Lipinski definition) is 0. The summed E-state index contributed by atoms with van der Waals surface area (Å²) in [6, 6.07) is 5.17. The van der Waals surface area contributed by atoms with Crippen LogP contribution in [-0.2, 0) is 18.9 Å². The number of nitrogens with zero attached hydrogens (tertiary/aromatic N) is 4. The van der Waals surface area contributed by atoms with Crippen LogP contribution in [0, 0.1) is 0 Å². The monoisotopic (exact) mass is 416 g/mol. The summed E-state index contributed by atoms with van der Waals surface area (Å²) < 4.78 is 12.9. The lowest BCUT2D eigenvalue weighted by Crippen LogP contribution is -2.37. The Bertz CT molecular complexity index is 1230. The fourth-order valence-electron chi connectivity index (χ4n) is 2.81. The van der Waals surface area contributed by atoms with Crippen molar-refractivity contribution in [3.05, 3.63) is 39.0 Å². The van der Waals surface area contributed by atoms with Crippen LogP contribution in [0.2, 0.25) is 0 Å². The predicted molar refractivity (Wildman–Crippen MR) is 110 cm³/mol. The van der Waals surface area contributed by atoms with E-state index in [-0.39, 0.29) is 22.6 Å². The van der Waals surface area contributed by atoms with E-state index in [2.05, 4.69) is 9.97 Å². The second-order valence-electron chi connectivity index (χ2n) is 6.32. The molecular weight excluding hydrogens is 396 g/mol. The van der Waals surface area contributed by atoms with Gasteiger partial charge in [0.25, 0.3) is 5.56 Å². The number of aryl methyl sites for hydroxylation is 1. The predicted octanol–water partition coefficient (Wildman–Crippen LogP) is 1.39. The molecule has 0 unspecified atom stereocenters. The molecule has 1 aromatic carbocycles. The van der Waals surface area contributed by atoms with Crippen LogP contribution < -0.4 is 20.7 Å². The molecule has 0 aliphatic rings. The van der Waals surface area contributed by atoms with Gasteiger partial charge in [0.15, 0.2) is 23.0 Å². The van der Waals surface area contributed by atoms with Crippen molar-refractivity contribution in [3.63, 3.8) is 0 Å². The highest BCUT2D eigenvalue weighted by molar-refractivity contribution is 8.00. The average Bonchev–Trinajstić information content (AvgIpc) is 2.73. The quantitative estimate of drug-likeness (QED) is 0.439. The molecule has 29 heavy (non-hydrogen) atoms. The first-order chi connectivity index (χ1) is 13.8. The molecule has 0 aliphatic heterocycles. The fraction of sp³-hybridized carbons (Fsp3) is 0.316. The van der Waals surface area contributed by atoms with Gasteiger partial charge in [-0.2, -0.15) is 0 Å². The standard InChI is InChI=1S/C19H20N4O5S/c1-10(24)9-29-17-14-16(22(2)19(26)23(3)18(14)25)20-15(21-17)11-6-7-12(27-4)13(8-11)28-5/h6-8H,9H2,1-5H3. The first-order valence-corrected chi connectivity index (χ1v) is 9.59. The number of hydrogen-bond acceptors (Lipinski definition) is 8. The topological polar surface area (TPSA) is 105 Å². The van der Waals surface area contributed by atoms with E-state index >= 15 is 0 Å². The lowest BCUT2D eigenvalue weighted by Gasteiger charge is -2.13. The highest BCUT2D eigenvalue weighted by atomic mass is 32.2. The molecule has 3 aromatic rings. The summed E-state index contributed by atoms with van der Waals surface area (Å²) in [5, 5.41) is 0.538. The molecule has 2 aromatic heterocycles. The molecule has 0 aliphatic carbocycles. The van der Waals surface area contributed by atoms with Crippen molar-refractivity contribution in [3.8, 4) is 22.9 Å². The molecule has 0 bridgehead atoms. The van der Waals surface area contributed by atoms with Gasteiger partial charge in [-0.15, -0.1) is 0 Å². The Morgan fingerprint density at radius 1 is 1.07 bits per heavy atom. The maximum Gasteiger partial charge on any atom is 0.332 e. The zero-order chi connectivity index (χ0) is 21.3. The van der Waals surface area contributed by atoms with Gasteiger partial charge in [-0.05, 0) is 25.1 Å². The third-order valence-electron chi connectivity index (χ3n) is 4.32. The van der Waals surface area contributed by atoms with Gasteiger partial charge < -0.3 is 9.47 Å². The van der Waals surface area contributed by atoms with Crippen molar-refractivity contribution in [2.45, 2.75) is 11.9 Å². The minimum Gasteiger partial charge on any atom is -0.493 e. The minimum atomic E-state index is -0.506. The van der Waals surface area contributed by atoms with Gasteiger partial charge in [-0.1, -0.05) is 11.8 Å². The van der Waals surface area contributed by atoms with Crippen molar-refractivity contribution in [2.24, 2.45) is 14.1 Å². The van der Waals surface area contributed by atoms with Crippen molar-refractivity contribution >= 4 is 28.6 Å². The first-order valence-electron chi connectivity index (χ1n) is 8.60. The van der Waals surface area contributed by atoms with E-state index in [9.17, 15) is 14.4 Å². The van der Waals surface area contributed by atoms with Crippen molar-refractivity contribution in [1.29, 1.82) is 0 Å². The van der Waals surface area contributed by atoms with Gasteiger partial charge in [0.1, 0.15) is 16.2 Å². The lowest BCUT2D eigenvalue weighted by molar-refractivity contribution is -0.114. The van der Waals surface area contributed by atoms with E-state index in [1.165, 1.54) is 39.8 Å². The van der Waals surface area contributed by atoms with Crippen LogP contribution in [-0.4, -0.2) is 44.9 Å². The van der Waals surface area contributed by atoms with Gasteiger partial charge in [0.05, 0.1) is 20.0 Å². The Kier molecular flexibility index (Phi) is 5.73. The molecule has 2 heterocycles. The minimum absolute atomic E-state index is 0.0592. The number of aromatic nitrogens is 4. The maximum atomic E-state index is 12.7. The van der Waals surface area contributed by atoms with Crippen LogP contribution in [0.3, 0.4) is 0 Å². The van der Waals surface area contributed by atoms with Crippen LogP contribution in [0.4, 0.5) is 0 Å². The molecule has 0 saturated heterocycles. The molecular formula is C19H20N4O5S. The molecule has 0 atom stereocenters. The number of ketones is 1. The van der Waals surface area contributed by atoms with E-state index in [4.69, 9.17) is 9.47 Å². The summed E-state index contributed by atoms with van der Waals surface area (Å²) in [5.41, 5.74) is -0.193. The smallest absolute Gasteiger partial charge is 0.332 e. The summed E-state index contributed by atoms with van der Waals surface area (Å²) >= 11 is 1.14. The number of carbonyl (C=O) groups is 1. The largest absolute Gasteiger partial charge is 0.493 e. The third-order valence-corrected chi connectivity index (χ3v) is 5.44. The summed E-state index contributed by atoms with van der Waals surface area (Å²) in [4.78, 5) is 45.6. The Labute approximate surface area is 170 Å². The van der Waals surface area contributed by atoms with E-state index in [0.29, 0.717) is 27.9 Å². The van der Waals surface area contributed by atoms with Gasteiger partial charge in [-0.3, -0.25) is 18.7 Å². The number of methoxy groups -OCH3 is 2. The SMILES string of the molecule is COc1ccc(-c2nc(SCC(C)=O)c3c(=O)n(C)c(=O)n(C)c3n2)cc1OC. The number of Topliss-reactive ketones (excluding diaryl/α,β-unsaturated/α-hetero) is 1. The molecule has 0 N–H and O–H groups in total. The number of ether oxygens (including phenoxy) is 2. The number of rotatable bonds is 6. The zero-order valence-corrected chi connectivity index (χ0v) is 17.5. The number of thioether (sulfide) groups is 1. The number of benzene rings is 1. The maximum absolute atomic E-state index is 12.7. The van der Waals surface area contributed by atoms with Crippen LogP contribution in [0.5, 0.6) is 11.5 Å². The molecule has 152 valence electrons. The molecule has 10 heteroatoms. The van der Waals surface area contributed by atoms with E-state index in [1.807, 2.05) is 0 Å². The van der Waals surface area contributed by atoms with Crippen LogP contribution >= 0.6 is 11.8 Å². The number of fused-ring (bicyclic) bond motifs is 1. The first kappa shape index (κ1) is 20.6.